The zero-order chi connectivity index (χ0) is 19.7. The van der Waals surface area contributed by atoms with Gasteiger partial charge in [0.05, 0.1) is 11.9 Å². The molecule has 0 amide bonds. The minimum Gasteiger partial charge on any atom is -0.373 e. The highest BCUT2D eigenvalue weighted by atomic mass is 16.5. The van der Waals surface area contributed by atoms with Crippen molar-refractivity contribution >= 4 is 17.4 Å². The Morgan fingerprint density at radius 3 is 2.68 bits per heavy atom. The Balaban J connectivity index is 1.66. The molecular formula is C19H22N8O. The Morgan fingerprint density at radius 2 is 1.96 bits per heavy atom. The third-order valence-corrected chi connectivity index (χ3v) is 4.56. The van der Waals surface area contributed by atoms with E-state index in [9.17, 15) is 0 Å². The average molecular weight is 378 g/mol. The predicted molar refractivity (Wildman–Crippen MR) is 105 cm³/mol. The summed E-state index contributed by atoms with van der Waals surface area (Å²) < 4.78 is 9.27. The van der Waals surface area contributed by atoms with Crippen LogP contribution in [0.5, 0.6) is 0 Å². The van der Waals surface area contributed by atoms with Crippen molar-refractivity contribution in [3.05, 3.63) is 48.7 Å². The second-order valence-corrected chi connectivity index (χ2v) is 6.83. The minimum atomic E-state index is -0.116. The molecule has 4 heterocycles. The van der Waals surface area contributed by atoms with Crippen molar-refractivity contribution in [2.75, 3.05) is 12.4 Å². The molecule has 0 aliphatic rings. The minimum absolute atomic E-state index is 0.116. The van der Waals surface area contributed by atoms with Gasteiger partial charge >= 0.3 is 0 Å². The molecule has 0 aromatic carbocycles. The van der Waals surface area contributed by atoms with Gasteiger partial charge < -0.3 is 10.1 Å². The van der Waals surface area contributed by atoms with Gasteiger partial charge in [-0.15, -0.1) is 10.2 Å². The van der Waals surface area contributed by atoms with Crippen molar-refractivity contribution in [3.8, 4) is 11.3 Å². The van der Waals surface area contributed by atoms with E-state index in [-0.39, 0.29) is 6.10 Å². The molecule has 28 heavy (non-hydrogen) atoms. The molecule has 0 saturated carbocycles. The number of hydrogen-bond donors (Lipinski definition) is 1. The Bertz CT molecular complexity index is 1100. The molecule has 0 bridgehead atoms. The molecule has 1 N–H and O–H groups in total. The summed E-state index contributed by atoms with van der Waals surface area (Å²) in [6.45, 7) is 4.20. The fourth-order valence-electron chi connectivity index (χ4n) is 3.13. The van der Waals surface area contributed by atoms with Crippen molar-refractivity contribution in [3.63, 3.8) is 0 Å². The van der Waals surface area contributed by atoms with Crippen LogP contribution in [-0.2, 0) is 11.8 Å². The molecule has 9 nitrogen and oxygen atoms in total. The van der Waals surface area contributed by atoms with E-state index in [0.29, 0.717) is 11.9 Å². The lowest BCUT2D eigenvalue weighted by Gasteiger charge is -2.17. The third-order valence-electron chi connectivity index (χ3n) is 4.56. The SMILES string of the molecule is COC(c1nnc2cc(-c3ccnc(Nc4ccnn4C)n3)ccn12)C(C)C. The summed E-state index contributed by atoms with van der Waals surface area (Å²) in [6, 6.07) is 7.67. The van der Waals surface area contributed by atoms with E-state index in [2.05, 4.69) is 44.4 Å². The molecule has 0 aliphatic carbocycles. The first-order valence-corrected chi connectivity index (χ1v) is 9.02. The molecule has 9 heteroatoms. The van der Waals surface area contributed by atoms with Crippen LogP contribution >= 0.6 is 0 Å². The van der Waals surface area contributed by atoms with Crippen molar-refractivity contribution in [2.45, 2.75) is 20.0 Å². The molecule has 4 aromatic rings. The highest BCUT2D eigenvalue weighted by Gasteiger charge is 2.21. The molecule has 0 aliphatic heterocycles. The Morgan fingerprint density at radius 1 is 1.11 bits per heavy atom. The largest absolute Gasteiger partial charge is 0.373 e. The first-order valence-electron chi connectivity index (χ1n) is 9.02. The molecule has 0 spiro atoms. The highest BCUT2D eigenvalue weighted by Crippen LogP contribution is 2.26. The normalized spacial score (nSPS) is 12.6. The number of fused-ring (bicyclic) bond motifs is 1. The fraction of sp³-hybridized carbons (Fsp3) is 0.316. The molecular weight excluding hydrogens is 356 g/mol. The van der Waals surface area contributed by atoms with Gasteiger partial charge in [-0.2, -0.15) is 5.10 Å². The number of nitrogens with zero attached hydrogens (tertiary/aromatic N) is 7. The monoisotopic (exact) mass is 378 g/mol. The molecule has 4 aromatic heterocycles. The van der Waals surface area contributed by atoms with Gasteiger partial charge in [0.1, 0.15) is 11.9 Å². The number of nitrogens with one attached hydrogen (secondary N) is 1. The lowest BCUT2D eigenvalue weighted by Crippen LogP contribution is -2.12. The van der Waals surface area contributed by atoms with Crippen LogP contribution < -0.4 is 5.32 Å². The van der Waals surface area contributed by atoms with E-state index in [1.165, 1.54) is 0 Å². The van der Waals surface area contributed by atoms with E-state index in [0.717, 1.165) is 28.5 Å². The number of methoxy groups -OCH3 is 1. The first kappa shape index (κ1) is 18.1. The number of aryl methyl sites for hydroxylation is 1. The van der Waals surface area contributed by atoms with E-state index in [4.69, 9.17) is 4.74 Å². The summed E-state index contributed by atoms with van der Waals surface area (Å²) >= 11 is 0. The van der Waals surface area contributed by atoms with Crippen LogP contribution in [-0.4, -0.2) is 41.5 Å². The summed E-state index contributed by atoms with van der Waals surface area (Å²) in [5.41, 5.74) is 2.47. The number of aromatic nitrogens is 7. The number of anilines is 2. The molecule has 0 fully saturated rings. The van der Waals surface area contributed by atoms with Crippen LogP contribution in [0.3, 0.4) is 0 Å². The summed E-state index contributed by atoms with van der Waals surface area (Å²) in [5, 5.41) is 15.9. The number of ether oxygens (including phenoxy) is 1. The van der Waals surface area contributed by atoms with Gasteiger partial charge in [0.2, 0.25) is 5.95 Å². The maximum Gasteiger partial charge on any atom is 0.228 e. The van der Waals surface area contributed by atoms with E-state index >= 15 is 0 Å². The molecule has 1 unspecified atom stereocenters. The van der Waals surface area contributed by atoms with Crippen molar-refractivity contribution in [2.24, 2.45) is 13.0 Å². The molecule has 0 radical (unpaired) electrons. The molecule has 144 valence electrons. The van der Waals surface area contributed by atoms with Gasteiger partial charge in [-0.25, -0.2) is 9.97 Å². The van der Waals surface area contributed by atoms with E-state index in [1.807, 2.05) is 41.9 Å². The molecule has 0 saturated heterocycles. The van der Waals surface area contributed by atoms with Crippen molar-refractivity contribution < 1.29 is 4.74 Å². The lowest BCUT2D eigenvalue weighted by molar-refractivity contribution is 0.0567. The lowest BCUT2D eigenvalue weighted by atomic mass is 10.1. The van der Waals surface area contributed by atoms with Gasteiger partial charge in [-0.05, 0) is 24.1 Å². The van der Waals surface area contributed by atoms with Crippen LogP contribution in [0.15, 0.2) is 42.9 Å². The maximum atomic E-state index is 5.60. The molecule has 1 atom stereocenters. The van der Waals surface area contributed by atoms with Gasteiger partial charge in [-0.3, -0.25) is 9.08 Å². The summed E-state index contributed by atoms with van der Waals surface area (Å²) in [4.78, 5) is 8.89. The van der Waals surface area contributed by atoms with E-state index < -0.39 is 0 Å². The Hall–Kier alpha value is -3.33. The van der Waals surface area contributed by atoms with Crippen LogP contribution in [0.1, 0.15) is 25.8 Å². The van der Waals surface area contributed by atoms with Gasteiger partial charge in [0.15, 0.2) is 11.5 Å². The summed E-state index contributed by atoms with van der Waals surface area (Å²) in [5.74, 6) is 2.40. The smallest absolute Gasteiger partial charge is 0.228 e. The van der Waals surface area contributed by atoms with Gasteiger partial charge in [0.25, 0.3) is 0 Å². The van der Waals surface area contributed by atoms with Crippen LogP contribution in [0.25, 0.3) is 16.9 Å². The Labute approximate surface area is 162 Å². The maximum absolute atomic E-state index is 5.60. The average Bonchev–Trinajstić information content (AvgIpc) is 3.29. The molecule has 4 rings (SSSR count). The van der Waals surface area contributed by atoms with E-state index in [1.54, 1.807) is 24.2 Å². The zero-order valence-corrected chi connectivity index (χ0v) is 16.2. The summed E-state index contributed by atoms with van der Waals surface area (Å²) in [7, 11) is 3.55. The van der Waals surface area contributed by atoms with Crippen LogP contribution in [0, 0.1) is 5.92 Å². The highest BCUT2D eigenvalue weighted by molar-refractivity contribution is 5.65. The zero-order valence-electron chi connectivity index (χ0n) is 16.2. The first-order chi connectivity index (χ1) is 13.6. The quantitative estimate of drug-likeness (QED) is 0.551. The summed E-state index contributed by atoms with van der Waals surface area (Å²) in [6.07, 6.45) is 5.27. The predicted octanol–water partition coefficient (Wildman–Crippen LogP) is 3.01. The van der Waals surface area contributed by atoms with Crippen LogP contribution in [0.4, 0.5) is 11.8 Å². The number of rotatable bonds is 6. The van der Waals surface area contributed by atoms with Crippen molar-refractivity contribution in [1.82, 2.24) is 34.3 Å². The van der Waals surface area contributed by atoms with Gasteiger partial charge in [-0.1, -0.05) is 13.8 Å². The van der Waals surface area contributed by atoms with Gasteiger partial charge in [0, 0.05) is 38.2 Å². The third kappa shape index (κ3) is 3.31. The Kier molecular flexibility index (Phi) is 4.74. The second-order valence-electron chi connectivity index (χ2n) is 6.83. The topological polar surface area (TPSA) is 95.0 Å². The van der Waals surface area contributed by atoms with Crippen LogP contribution in [0.2, 0.25) is 0 Å². The number of hydrogen-bond acceptors (Lipinski definition) is 7. The van der Waals surface area contributed by atoms with Crippen molar-refractivity contribution in [1.29, 1.82) is 0 Å². The second kappa shape index (κ2) is 7.35. The fourth-order valence-corrected chi connectivity index (χ4v) is 3.13. The number of pyridine rings is 1. The standard InChI is InChI=1S/C19H22N8O/c1-12(2)17(28-4)18-25-24-16-11-13(7-10-27(16)18)14-5-8-20-19(22-14)23-15-6-9-21-26(15)3/h5-12,17H,1-4H3,(H,20,22,23).